The number of aryl methyl sites for hydroxylation is 1. The Morgan fingerprint density at radius 2 is 1.88 bits per heavy atom. The second-order valence-corrected chi connectivity index (χ2v) is 5.51. The largest absolute Gasteiger partial charge is 0.334 e. The molecule has 0 spiro atoms. The molecule has 0 aliphatic heterocycles. The van der Waals surface area contributed by atoms with Gasteiger partial charge in [0.2, 0.25) is 5.82 Å². The van der Waals surface area contributed by atoms with Crippen molar-refractivity contribution in [3.05, 3.63) is 82.0 Å². The second-order valence-electron chi connectivity index (χ2n) is 5.51. The molecule has 3 aromatic rings. The summed E-state index contributed by atoms with van der Waals surface area (Å²) in [6, 6.07) is 15.8. The van der Waals surface area contributed by atoms with Crippen LogP contribution in [0, 0.1) is 17.0 Å². The molecule has 6 nitrogen and oxygen atoms in total. The van der Waals surface area contributed by atoms with E-state index >= 15 is 0 Å². The maximum absolute atomic E-state index is 11.4. The van der Waals surface area contributed by atoms with Crippen LogP contribution in [0.3, 0.4) is 0 Å². The highest BCUT2D eigenvalue weighted by molar-refractivity contribution is 5.92. The van der Waals surface area contributed by atoms with Crippen LogP contribution in [-0.4, -0.2) is 16.2 Å². The third-order valence-corrected chi connectivity index (χ3v) is 3.79. The molecule has 3 rings (SSSR count). The van der Waals surface area contributed by atoms with E-state index in [1.165, 1.54) is 18.3 Å². The Labute approximate surface area is 144 Å². The van der Waals surface area contributed by atoms with E-state index in [9.17, 15) is 14.9 Å². The molecular weight excluding hydrogens is 318 g/mol. The third kappa shape index (κ3) is 3.37. The van der Waals surface area contributed by atoms with Gasteiger partial charge in [-0.3, -0.25) is 14.9 Å². The van der Waals surface area contributed by atoms with E-state index in [1.807, 2.05) is 37.3 Å². The van der Waals surface area contributed by atoms with Gasteiger partial charge in [0, 0.05) is 29.1 Å². The smallest absolute Gasteiger partial charge is 0.311 e. The molecule has 2 aromatic carbocycles. The van der Waals surface area contributed by atoms with Crippen molar-refractivity contribution in [3.63, 3.8) is 0 Å². The molecule has 1 heterocycles. The highest BCUT2D eigenvalue weighted by Crippen LogP contribution is 2.34. The summed E-state index contributed by atoms with van der Waals surface area (Å²) in [7, 11) is 0. The molecule has 0 atom stereocenters. The van der Waals surface area contributed by atoms with Crippen molar-refractivity contribution in [2.75, 3.05) is 5.32 Å². The quantitative estimate of drug-likeness (QED) is 0.421. The molecule has 0 fully saturated rings. The number of benzene rings is 2. The van der Waals surface area contributed by atoms with Crippen LogP contribution < -0.4 is 5.32 Å². The summed E-state index contributed by atoms with van der Waals surface area (Å²) in [5.74, 6) is 0.154. The SMILES string of the molecule is Cc1ccc(Nc2ncccc2[N+](=O)[O-])c(-c2ccccc2C=O)c1. The second kappa shape index (κ2) is 6.92. The van der Waals surface area contributed by atoms with E-state index in [1.54, 1.807) is 12.1 Å². The molecule has 0 amide bonds. The fourth-order valence-electron chi connectivity index (χ4n) is 2.60. The van der Waals surface area contributed by atoms with Crippen LogP contribution in [0.15, 0.2) is 60.8 Å². The molecule has 6 heteroatoms. The van der Waals surface area contributed by atoms with Crippen LogP contribution in [0.4, 0.5) is 17.2 Å². The Morgan fingerprint density at radius 3 is 2.64 bits per heavy atom. The number of nitrogens with one attached hydrogen (secondary N) is 1. The Hall–Kier alpha value is -3.54. The van der Waals surface area contributed by atoms with Crippen molar-refractivity contribution in [2.45, 2.75) is 6.92 Å². The van der Waals surface area contributed by atoms with Crippen LogP contribution in [0.5, 0.6) is 0 Å². The van der Waals surface area contributed by atoms with E-state index < -0.39 is 4.92 Å². The van der Waals surface area contributed by atoms with Crippen molar-refractivity contribution in [2.24, 2.45) is 0 Å². The van der Waals surface area contributed by atoms with Crippen LogP contribution in [0.25, 0.3) is 11.1 Å². The minimum absolute atomic E-state index is 0.113. The number of carbonyl (C=O) groups excluding carboxylic acids is 1. The van der Waals surface area contributed by atoms with Gasteiger partial charge in [0.15, 0.2) is 6.29 Å². The lowest BCUT2D eigenvalue weighted by atomic mass is 9.97. The lowest BCUT2D eigenvalue weighted by Gasteiger charge is -2.14. The van der Waals surface area contributed by atoms with E-state index in [4.69, 9.17) is 0 Å². The van der Waals surface area contributed by atoms with Crippen molar-refractivity contribution < 1.29 is 9.72 Å². The molecule has 0 saturated heterocycles. The van der Waals surface area contributed by atoms with Gasteiger partial charge in [0.1, 0.15) is 0 Å². The summed E-state index contributed by atoms with van der Waals surface area (Å²) >= 11 is 0. The molecule has 0 unspecified atom stereocenters. The predicted molar refractivity (Wildman–Crippen MR) is 96.2 cm³/mol. The fourth-order valence-corrected chi connectivity index (χ4v) is 2.60. The van der Waals surface area contributed by atoms with Crippen LogP contribution in [0.1, 0.15) is 15.9 Å². The average molecular weight is 333 g/mol. The van der Waals surface area contributed by atoms with Crippen LogP contribution in [0.2, 0.25) is 0 Å². The zero-order valence-corrected chi connectivity index (χ0v) is 13.5. The van der Waals surface area contributed by atoms with Gasteiger partial charge in [-0.1, -0.05) is 35.9 Å². The van der Waals surface area contributed by atoms with Gasteiger partial charge in [-0.15, -0.1) is 0 Å². The molecule has 1 N–H and O–H groups in total. The van der Waals surface area contributed by atoms with E-state index in [0.717, 1.165) is 23.0 Å². The van der Waals surface area contributed by atoms with Gasteiger partial charge in [-0.25, -0.2) is 4.98 Å². The average Bonchev–Trinajstić information content (AvgIpc) is 2.63. The van der Waals surface area contributed by atoms with Crippen molar-refractivity contribution in [3.8, 4) is 11.1 Å². The summed E-state index contributed by atoms with van der Waals surface area (Å²) in [5, 5.41) is 14.2. The minimum Gasteiger partial charge on any atom is -0.334 e. The fraction of sp³-hybridized carbons (Fsp3) is 0.0526. The van der Waals surface area contributed by atoms with Crippen molar-refractivity contribution in [1.29, 1.82) is 0 Å². The first-order valence-electron chi connectivity index (χ1n) is 7.62. The summed E-state index contributed by atoms with van der Waals surface area (Å²) in [5.41, 5.74) is 3.62. The topological polar surface area (TPSA) is 85.1 Å². The maximum Gasteiger partial charge on any atom is 0.311 e. The first-order chi connectivity index (χ1) is 12.1. The molecule has 1 aromatic heterocycles. The van der Waals surface area contributed by atoms with Gasteiger partial charge in [-0.05, 0) is 30.7 Å². The van der Waals surface area contributed by atoms with Gasteiger partial charge in [0.05, 0.1) is 4.92 Å². The number of hydrogen-bond acceptors (Lipinski definition) is 5. The Bertz CT molecular complexity index is 954. The number of nitro groups is 1. The van der Waals surface area contributed by atoms with Crippen LogP contribution in [-0.2, 0) is 0 Å². The zero-order valence-electron chi connectivity index (χ0n) is 13.5. The molecule has 0 bridgehead atoms. The zero-order chi connectivity index (χ0) is 17.8. The Morgan fingerprint density at radius 1 is 1.08 bits per heavy atom. The van der Waals surface area contributed by atoms with Gasteiger partial charge in [-0.2, -0.15) is 0 Å². The molecule has 0 aliphatic carbocycles. The van der Waals surface area contributed by atoms with Crippen molar-refractivity contribution in [1.82, 2.24) is 4.98 Å². The minimum atomic E-state index is -0.484. The summed E-state index contributed by atoms with van der Waals surface area (Å²) in [6.07, 6.45) is 2.28. The van der Waals surface area contributed by atoms with Crippen molar-refractivity contribution >= 4 is 23.5 Å². The summed E-state index contributed by atoms with van der Waals surface area (Å²) in [4.78, 5) is 26.2. The lowest BCUT2D eigenvalue weighted by molar-refractivity contribution is -0.384. The number of nitrogens with zero attached hydrogens (tertiary/aromatic N) is 2. The molecule has 0 radical (unpaired) electrons. The van der Waals surface area contributed by atoms with Crippen LogP contribution >= 0.6 is 0 Å². The standard InChI is InChI=1S/C19H15N3O3/c1-13-8-9-17(21-19-18(22(24)25)7-4-10-20-19)16(11-13)15-6-3-2-5-14(15)12-23/h2-12H,1H3,(H,20,21). The lowest BCUT2D eigenvalue weighted by Crippen LogP contribution is -2.01. The molecule has 124 valence electrons. The van der Waals surface area contributed by atoms with E-state index in [-0.39, 0.29) is 11.5 Å². The summed E-state index contributed by atoms with van der Waals surface area (Å²) < 4.78 is 0. The number of pyridine rings is 1. The highest BCUT2D eigenvalue weighted by Gasteiger charge is 2.17. The normalized spacial score (nSPS) is 10.3. The monoisotopic (exact) mass is 333 g/mol. The number of carbonyl (C=O) groups is 1. The van der Waals surface area contributed by atoms with Gasteiger partial charge >= 0.3 is 5.69 Å². The van der Waals surface area contributed by atoms with Gasteiger partial charge in [0.25, 0.3) is 0 Å². The first-order valence-corrected chi connectivity index (χ1v) is 7.62. The molecule has 25 heavy (non-hydrogen) atoms. The first kappa shape index (κ1) is 16.3. The summed E-state index contributed by atoms with van der Waals surface area (Å²) in [6.45, 7) is 1.94. The number of hydrogen-bond donors (Lipinski definition) is 1. The maximum atomic E-state index is 11.4. The number of anilines is 2. The Balaban J connectivity index is 2.13. The Kier molecular flexibility index (Phi) is 4.52. The van der Waals surface area contributed by atoms with Gasteiger partial charge < -0.3 is 5.32 Å². The third-order valence-electron chi connectivity index (χ3n) is 3.79. The predicted octanol–water partition coefficient (Wildman–Crippen LogP) is 4.52. The number of aldehydes is 1. The molecule has 0 saturated carbocycles. The highest BCUT2D eigenvalue weighted by atomic mass is 16.6. The molecular formula is C19H15N3O3. The molecule has 0 aliphatic rings. The van der Waals surface area contributed by atoms with E-state index in [2.05, 4.69) is 10.3 Å². The number of rotatable bonds is 5. The van der Waals surface area contributed by atoms with E-state index in [0.29, 0.717) is 11.3 Å². The number of aromatic nitrogens is 1.